The monoisotopic (exact) mass is 294 g/mol. The van der Waals surface area contributed by atoms with Crippen molar-refractivity contribution in [2.45, 2.75) is 25.8 Å². The van der Waals surface area contributed by atoms with Crippen LogP contribution >= 0.6 is 0 Å². The first-order valence-electron chi connectivity index (χ1n) is 6.74. The van der Waals surface area contributed by atoms with Crippen molar-refractivity contribution in [3.63, 3.8) is 0 Å². The Balaban J connectivity index is 2.45. The van der Waals surface area contributed by atoms with Gasteiger partial charge in [0.25, 0.3) is 5.69 Å². The van der Waals surface area contributed by atoms with E-state index in [1.807, 2.05) is 11.9 Å². The van der Waals surface area contributed by atoms with Crippen LogP contribution in [0, 0.1) is 17.0 Å². The summed E-state index contributed by atoms with van der Waals surface area (Å²) in [6.07, 6.45) is 1.64. The molecular weight excluding hydrogens is 276 g/mol. The Labute approximate surface area is 122 Å². The number of nitro benzene ring substituents is 1. The number of carbonyl (C=O) groups is 1. The van der Waals surface area contributed by atoms with Gasteiger partial charge in [-0.1, -0.05) is 0 Å². The average Bonchev–Trinajstić information content (AvgIpc) is 2.47. The van der Waals surface area contributed by atoms with Crippen molar-refractivity contribution in [3.8, 4) is 0 Å². The number of carboxylic acid groups (broad SMARTS) is 1. The molecule has 1 fully saturated rings. The molecule has 0 saturated carbocycles. The summed E-state index contributed by atoms with van der Waals surface area (Å²) in [7, 11) is 1.84. The number of nitrogens with zero attached hydrogens (tertiary/aromatic N) is 2. The topological polar surface area (TPSA) is 92.9 Å². The first-order chi connectivity index (χ1) is 9.91. The van der Waals surface area contributed by atoms with Crippen LogP contribution in [0.1, 0.15) is 28.8 Å². The van der Waals surface area contributed by atoms with E-state index < -0.39 is 10.9 Å². The molecule has 1 aromatic rings. The van der Waals surface area contributed by atoms with Crippen LogP contribution in [0.15, 0.2) is 12.1 Å². The summed E-state index contributed by atoms with van der Waals surface area (Å²) < 4.78 is 5.31. The molecule has 0 bridgehead atoms. The van der Waals surface area contributed by atoms with E-state index in [-0.39, 0.29) is 17.3 Å². The maximum Gasteiger partial charge on any atom is 0.336 e. The third-order valence-corrected chi connectivity index (χ3v) is 3.92. The van der Waals surface area contributed by atoms with Crippen LogP contribution in [0.3, 0.4) is 0 Å². The van der Waals surface area contributed by atoms with Crippen molar-refractivity contribution in [2.75, 3.05) is 25.2 Å². The highest BCUT2D eigenvalue weighted by Gasteiger charge is 2.25. The Kier molecular flexibility index (Phi) is 4.42. The van der Waals surface area contributed by atoms with Gasteiger partial charge in [0.1, 0.15) is 0 Å². The molecule has 1 aromatic carbocycles. The normalized spacial score (nSPS) is 15.7. The Morgan fingerprint density at radius 1 is 1.43 bits per heavy atom. The molecule has 1 heterocycles. The highest BCUT2D eigenvalue weighted by molar-refractivity contribution is 5.90. The average molecular weight is 294 g/mol. The van der Waals surface area contributed by atoms with Crippen LogP contribution in [-0.4, -0.2) is 42.3 Å². The standard InChI is InChI=1S/C14H18N2O5/c1-9-12(15(2)11-3-5-21-6-4-11)7-10(14(17)18)8-13(9)16(19)20/h7-8,11H,3-6H2,1-2H3,(H,17,18). The zero-order valence-corrected chi connectivity index (χ0v) is 12.0. The molecular formula is C14H18N2O5. The maximum absolute atomic E-state index is 11.2. The van der Waals surface area contributed by atoms with E-state index in [4.69, 9.17) is 9.84 Å². The van der Waals surface area contributed by atoms with Gasteiger partial charge in [0, 0.05) is 38.1 Å². The second kappa shape index (κ2) is 6.09. The third-order valence-electron chi connectivity index (χ3n) is 3.92. The van der Waals surface area contributed by atoms with Crippen molar-refractivity contribution < 1.29 is 19.6 Å². The summed E-state index contributed by atoms with van der Waals surface area (Å²) in [6, 6.07) is 2.81. The van der Waals surface area contributed by atoms with Gasteiger partial charge in [-0.25, -0.2) is 4.79 Å². The fraction of sp³-hybridized carbons (Fsp3) is 0.500. The molecule has 1 aliphatic heterocycles. The zero-order chi connectivity index (χ0) is 15.6. The molecule has 114 valence electrons. The lowest BCUT2D eigenvalue weighted by Gasteiger charge is -2.33. The van der Waals surface area contributed by atoms with Gasteiger partial charge in [0.05, 0.1) is 16.1 Å². The molecule has 1 aliphatic rings. The van der Waals surface area contributed by atoms with E-state index in [0.29, 0.717) is 24.5 Å². The van der Waals surface area contributed by atoms with Crippen LogP contribution in [-0.2, 0) is 4.74 Å². The van der Waals surface area contributed by atoms with Crippen LogP contribution < -0.4 is 4.90 Å². The van der Waals surface area contributed by atoms with E-state index in [2.05, 4.69) is 0 Å². The maximum atomic E-state index is 11.2. The van der Waals surface area contributed by atoms with Gasteiger partial charge < -0.3 is 14.7 Å². The first-order valence-corrected chi connectivity index (χ1v) is 6.74. The Hall–Kier alpha value is -2.15. The summed E-state index contributed by atoms with van der Waals surface area (Å²) in [5, 5.41) is 20.3. The van der Waals surface area contributed by atoms with Gasteiger partial charge in [0.15, 0.2) is 0 Å². The fourth-order valence-electron chi connectivity index (χ4n) is 2.63. The number of benzene rings is 1. The van der Waals surface area contributed by atoms with Gasteiger partial charge in [-0.05, 0) is 25.8 Å². The third kappa shape index (κ3) is 3.13. The summed E-state index contributed by atoms with van der Waals surface area (Å²) in [5.41, 5.74) is 0.845. The molecule has 7 heteroatoms. The number of rotatable bonds is 4. The molecule has 1 saturated heterocycles. The van der Waals surface area contributed by atoms with Gasteiger partial charge in [0.2, 0.25) is 0 Å². The van der Waals surface area contributed by atoms with Crippen molar-refractivity contribution in [1.29, 1.82) is 0 Å². The molecule has 2 rings (SSSR count). The largest absolute Gasteiger partial charge is 0.478 e. The van der Waals surface area contributed by atoms with Crippen molar-refractivity contribution in [2.24, 2.45) is 0 Å². The smallest absolute Gasteiger partial charge is 0.336 e. The number of nitro groups is 1. The Bertz CT molecular complexity index is 567. The van der Waals surface area contributed by atoms with Crippen LogP contribution in [0.2, 0.25) is 0 Å². The molecule has 0 unspecified atom stereocenters. The van der Waals surface area contributed by atoms with E-state index >= 15 is 0 Å². The van der Waals surface area contributed by atoms with E-state index in [9.17, 15) is 14.9 Å². The van der Waals surface area contributed by atoms with Crippen LogP contribution in [0.5, 0.6) is 0 Å². The SMILES string of the molecule is Cc1c(N(C)C2CCOCC2)cc(C(=O)O)cc1[N+](=O)[O-]. The summed E-state index contributed by atoms with van der Waals surface area (Å²) in [5.74, 6) is -1.17. The first kappa shape index (κ1) is 15.2. The molecule has 21 heavy (non-hydrogen) atoms. The van der Waals surface area contributed by atoms with Crippen LogP contribution in [0.25, 0.3) is 0 Å². The lowest BCUT2D eigenvalue weighted by atomic mass is 10.0. The second-order valence-electron chi connectivity index (χ2n) is 5.16. The molecule has 0 radical (unpaired) electrons. The molecule has 0 atom stereocenters. The number of anilines is 1. The Morgan fingerprint density at radius 3 is 2.57 bits per heavy atom. The lowest BCUT2D eigenvalue weighted by Crippen LogP contribution is -2.37. The molecule has 0 amide bonds. The Morgan fingerprint density at radius 2 is 2.05 bits per heavy atom. The van der Waals surface area contributed by atoms with Gasteiger partial charge in [-0.3, -0.25) is 10.1 Å². The summed E-state index contributed by atoms with van der Waals surface area (Å²) in [6.45, 7) is 2.94. The lowest BCUT2D eigenvalue weighted by molar-refractivity contribution is -0.385. The number of carboxylic acids is 1. The van der Waals surface area contributed by atoms with Crippen molar-refractivity contribution >= 4 is 17.3 Å². The zero-order valence-electron chi connectivity index (χ0n) is 12.0. The highest BCUT2D eigenvalue weighted by Crippen LogP contribution is 2.32. The number of ether oxygens (including phenoxy) is 1. The van der Waals surface area contributed by atoms with E-state index in [0.717, 1.165) is 18.9 Å². The van der Waals surface area contributed by atoms with Crippen LogP contribution in [0.4, 0.5) is 11.4 Å². The number of aromatic carboxylic acids is 1. The van der Waals surface area contributed by atoms with Gasteiger partial charge in [-0.15, -0.1) is 0 Å². The second-order valence-corrected chi connectivity index (χ2v) is 5.16. The predicted octanol–water partition coefficient (Wildman–Crippen LogP) is 2.22. The minimum atomic E-state index is -1.17. The minimum absolute atomic E-state index is 0.0683. The van der Waals surface area contributed by atoms with Crippen molar-refractivity contribution in [1.82, 2.24) is 0 Å². The molecule has 7 nitrogen and oxygen atoms in total. The quantitative estimate of drug-likeness (QED) is 0.676. The van der Waals surface area contributed by atoms with Crippen molar-refractivity contribution in [3.05, 3.63) is 33.4 Å². The highest BCUT2D eigenvalue weighted by atomic mass is 16.6. The molecule has 1 N–H and O–H groups in total. The molecule has 0 spiro atoms. The molecule has 0 aromatic heterocycles. The van der Waals surface area contributed by atoms with Gasteiger partial charge >= 0.3 is 5.97 Å². The van der Waals surface area contributed by atoms with E-state index in [1.165, 1.54) is 6.07 Å². The predicted molar refractivity (Wildman–Crippen MR) is 77.0 cm³/mol. The summed E-state index contributed by atoms with van der Waals surface area (Å²) >= 11 is 0. The molecule has 0 aliphatic carbocycles. The van der Waals surface area contributed by atoms with Gasteiger partial charge in [-0.2, -0.15) is 0 Å². The minimum Gasteiger partial charge on any atom is -0.478 e. The fourth-order valence-corrected chi connectivity index (χ4v) is 2.63. The number of hydrogen-bond donors (Lipinski definition) is 1. The van der Waals surface area contributed by atoms with E-state index in [1.54, 1.807) is 6.92 Å². The summed E-state index contributed by atoms with van der Waals surface area (Å²) in [4.78, 5) is 23.7. The number of hydrogen-bond acceptors (Lipinski definition) is 5.